The number of hydrogen-bond acceptors (Lipinski definition) is 3. The molecule has 1 saturated carbocycles. The van der Waals surface area contributed by atoms with Crippen molar-refractivity contribution >= 4 is 0 Å². The highest BCUT2D eigenvalue weighted by atomic mass is 16.5. The first-order valence-corrected chi connectivity index (χ1v) is 8.07. The number of ether oxygens (including phenoxy) is 1. The first kappa shape index (κ1) is 15.4. The molecule has 1 aliphatic carbocycles. The maximum atomic E-state index is 5.50. The van der Waals surface area contributed by atoms with Crippen LogP contribution in [0.25, 0.3) is 0 Å². The molecule has 4 heteroatoms. The van der Waals surface area contributed by atoms with Gasteiger partial charge in [-0.25, -0.2) is 0 Å². The van der Waals surface area contributed by atoms with Crippen molar-refractivity contribution in [2.24, 2.45) is 5.92 Å². The standard InChI is InChI=1S/C16H29N3O/c1-4-19-16(15(20-3)12-18-19)14(17-2)11-13-9-7-5-6-8-10-13/h12-14,17H,4-11H2,1-3H3. The van der Waals surface area contributed by atoms with E-state index in [0.717, 1.165) is 18.2 Å². The molecule has 2 rings (SSSR count). The third kappa shape index (κ3) is 3.54. The van der Waals surface area contributed by atoms with Gasteiger partial charge < -0.3 is 10.1 Å². The van der Waals surface area contributed by atoms with Crippen LogP contribution in [-0.2, 0) is 6.54 Å². The molecule has 0 aliphatic heterocycles. The molecule has 1 fully saturated rings. The van der Waals surface area contributed by atoms with E-state index in [0.29, 0.717) is 6.04 Å². The fraction of sp³-hybridized carbons (Fsp3) is 0.812. The van der Waals surface area contributed by atoms with E-state index in [1.807, 2.05) is 13.2 Å². The zero-order chi connectivity index (χ0) is 14.4. The lowest BCUT2D eigenvalue weighted by atomic mass is 9.91. The van der Waals surface area contributed by atoms with E-state index < -0.39 is 0 Å². The Kier molecular flexibility index (Phi) is 5.89. The van der Waals surface area contributed by atoms with Crippen molar-refractivity contribution in [1.82, 2.24) is 15.1 Å². The molecule has 0 aromatic carbocycles. The Morgan fingerprint density at radius 3 is 2.60 bits per heavy atom. The second kappa shape index (κ2) is 7.67. The van der Waals surface area contributed by atoms with Gasteiger partial charge in [0.2, 0.25) is 0 Å². The number of methoxy groups -OCH3 is 1. The maximum absolute atomic E-state index is 5.50. The van der Waals surface area contributed by atoms with Gasteiger partial charge in [0.15, 0.2) is 5.75 Å². The number of aromatic nitrogens is 2. The van der Waals surface area contributed by atoms with E-state index in [-0.39, 0.29) is 0 Å². The average molecular weight is 279 g/mol. The molecule has 0 amide bonds. The number of hydrogen-bond donors (Lipinski definition) is 1. The topological polar surface area (TPSA) is 39.1 Å². The van der Waals surface area contributed by atoms with Gasteiger partial charge in [0.25, 0.3) is 0 Å². The lowest BCUT2D eigenvalue weighted by Gasteiger charge is -2.23. The highest BCUT2D eigenvalue weighted by Gasteiger charge is 2.24. The predicted octanol–water partition coefficient (Wildman–Crippen LogP) is 3.53. The van der Waals surface area contributed by atoms with Gasteiger partial charge in [-0.05, 0) is 26.3 Å². The molecular formula is C16H29N3O. The van der Waals surface area contributed by atoms with Gasteiger partial charge in [-0.2, -0.15) is 5.10 Å². The fourth-order valence-corrected chi connectivity index (χ4v) is 3.44. The van der Waals surface area contributed by atoms with Gasteiger partial charge in [-0.3, -0.25) is 4.68 Å². The zero-order valence-corrected chi connectivity index (χ0v) is 13.2. The predicted molar refractivity (Wildman–Crippen MR) is 82.1 cm³/mol. The Bertz CT molecular complexity index is 373. The summed E-state index contributed by atoms with van der Waals surface area (Å²) in [5.41, 5.74) is 1.21. The van der Waals surface area contributed by atoms with Crippen molar-refractivity contribution in [3.63, 3.8) is 0 Å². The van der Waals surface area contributed by atoms with E-state index >= 15 is 0 Å². The molecule has 1 heterocycles. The Morgan fingerprint density at radius 2 is 2.05 bits per heavy atom. The lowest BCUT2D eigenvalue weighted by Crippen LogP contribution is -2.23. The SMILES string of the molecule is CCn1ncc(OC)c1C(CC1CCCCCC1)NC. The average Bonchev–Trinajstić information content (AvgIpc) is 2.72. The van der Waals surface area contributed by atoms with Crippen LogP contribution in [0.1, 0.15) is 63.6 Å². The van der Waals surface area contributed by atoms with E-state index in [2.05, 4.69) is 22.0 Å². The monoisotopic (exact) mass is 279 g/mol. The normalized spacial score (nSPS) is 18.8. The molecule has 0 spiro atoms. The van der Waals surface area contributed by atoms with Crippen molar-refractivity contribution in [1.29, 1.82) is 0 Å². The van der Waals surface area contributed by atoms with Crippen molar-refractivity contribution in [3.8, 4) is 5.75 Å². The number of nitrogens with one attached hydrogen (secondary N) is 1. The van der Waals surface area contributed by atoms with Crippen LogP contribution in [0.15, 0.2) is 6.20 Å². The molecule has 114 valence electrons. The van der Waals surface area contributed by atoms with E-state index in [1.54, 1.807) is 7.11 Å². The molecule has 1 aromatic rings. The van der Waals surface area contributed by atoms with Crippen LogP contribution in [-0.4, -0.2) is 23.9 Å². The fourth-order valence-electron chi connectivity index (χ4n) is 3.44. The van der Waals surface area contributed by atoms with Crippen LogP contribution in [0.2, 0.25) is 0 Å². The summed E-state index contributed by atoms with van der Waals surface area (Å²) in [6, 6.07) is 0.343. The molecular weight excluding hydrogens is 250 g/mol. The summed E-state index contributed by atoms with van der Waals surface area (Å²) in [7, 11) is 3.78. The Labute approximate surface area is 122 Å². The second-order valence-corrected chi connectivity index (χ2v) is 5.85. The summed E-state index contributed by atoms with van der Waals surface area (Å²) < 4.78 is 7.57. The molecule has 1 aliphatic rings. The lowest BCUT2D eigenvalue weighted by molar-refractivity contribution is 0.340. The van der Waals surface area contributed by atoms with Crippen molar-refractivity contribution in [2.45, 2.75) is 64.5 Å². The quantitative estimate of drug-likeness (QED) is 0.810. The second-order valence-electron chi connectivity index (χ2n) is 5.85. The minimum Gasteiger partial charge on any atom is -0.493 e. The molecule has 1 atom stereocenters. The molecule has 0 bridgehead atoms. The molecule has 20 heavy (non-hydrogen) atoms. The number of nitrogens with zero attached hydrogens (tertiary/aromatic N) is 2. The van der Waals surface area contributed by atoms with E-state index in [9.17, 15) is 0 Å². The van der Waals surface area contributed by atoms with E-state index in [1.165, 1.54) is 50.6 Å². The van der Waals surface area contributed by atoms with Gasteiger partial charge in [0.1, 0.15) is 0 Å². The highest BCUT2D eigenvalue weighted by molar-refractivity contribution is 5.28. The third-order valence-corrected chi connectivity index (χ3v) is 4.59. The van der Waals surface area contributed by atoms with Gasteiger partial charge in [-0.15, -0.1) is 0 Å². The van der Waals surface area contributed by atoms with Crippen LogP contribution < -0.4 is 10.1 Å². The molecule has 0 saturated heterocycles. The van der Waals surface area contributed by atoms with Crippen LogP contribution in [0.5, 0.6) is 5.75 Å². The maximum Gasteiger partial charge on any atom is 0.161 e. The smallest absolute Gasteiger partial charge is 0.161 e. The Morgan fingerprint density at radius 1 is 1.35 bits per heavy atom. The van der Waals surface area contributed by atoms with Crippen LogP contribution in [0.3, 0.4) is 0 Å². The molecule has 1 N–H and O–H groups in total. The Balaban J connectivity index is 2.12. The first-order chi connectivity index (χ1) is 9.80. The molecule has 1 unspecified atom stereocenters. The van der Waals surface area contributed by atoms with Crippen molar-refractivity contribution in [2.75, 3.05) is 14.2 Å². The Hall–Kier alpha value is -1.03. The summed E-state index contributed by atoms with van der Waals surface area (Å²) in [6.45, 7) is 3.02. The first-order valence-electron chi connectivity index (χ1n) is 8.07. The van der Waals surface area contributed by atoms with Crippen LogP contribution in [0.4, 0.5) is 0 Å². The number of aryl methyl sites for hydroxylation is 1. The molecule has 1 aromatic heterocycles. The number of rotatable bonds is 6. The summed E-state index contributed by atoms with van der Waals surface area (Å²) in [6.07, 6.45) is 11.4. The third-order valence-electron chi connectivity index (χ3n) is 4.59. The summed E-state index contributed by atoms with van der Waals surface area (Å²) >= 11 is 0. The van der Waals surface area contributed by atoms with Gasteiger partial charge in [-0.1, -0.05) is 38.5 Å². The highest BCUT2D eigenvalue weighted by Crippen LogP contribution is 2.34. The van der Waals surface area contributed by atoms with Crippen molar-refractivity contribution < 1.29 is 4.74 Å². The molecule has 0 radical (unpaired) electrons. The van der Waals surface area contributed by atoms with Gasteiger partial charge in [0, 0.05) is 6.54 Å². The van der Waals surface area contributed by atoms with Crippen LogP contribution >= 0.6 is 0 Å². The van der Waals surface area contributed by atoms with Gasteiger partial charge in [0.05, 0.1) is 25.0 Å². The largest absolute Gasteiger partial charge is 0.493 e. The summed E-state index contributed by atoms with van der Waals surface area (Å²) in [5.74, 6) is 1.75. The van der Waals surface area contributed by atoms with Crippen molar-refractivity contribution in [3.05, 3.63) is 11.9 Å². The summed E-state index contributed by atoms with van der Waals surface area (Å²) in [4.78, 5) is 0. The minimum atomic E-state index is 0.343. The van der Waals surface area contributed by atoms with Crippen LogP contribution in [0, 0.1) is 5.92 Å². The minimum absolute atomic E-state index is 0.343. The zero-order valence-electron chi connectivity index (χ0n) is 13.2. The molecule has 4 nitrogen and oxygen atoms in total. The van der Waals surface area contributed by atoms with Gasteiger partial charge >= 0.3 is 0 Å². The van der Waals surface area contributed by atoms with E-state index in [4.69, 9.17) is 4.74 Å². The summed E-state index contributed by atoms with van der Waals surface area (Å²) in [5, 5.41) is 7.92.